The Bertz CT molecular complexity index is 1020. The fraction of sp³-hybridized carbons (Fsp3) is 0.550. The molecule has 0 spiro atoms. The van der Waals surface area contributed by atoms with Gasteiger partial charge in [-0.05, 0) is 55.9 Å². The van der Waals surface area contributed by atoms with Gasteiger partial charge in [-0.2, -0.15) is 4.68 Å². The van der Waals surface area contributed by atoms with E-state index in [1.165, 1.54) is 16.0 Å². The molecular formula is C20H25ClN4O5S. The highest BCUT2D eigenvalue weighted by Crippen LogP contribution is 2.40. The van der Waals surface area contributed by atoms with Crippen LogP contribution in [0.3, 0.4) is 0 Å². The lowest BCUT2D eigenvalue weighted by atomic mass is 9.88. The van der Waals surface area contributed by atoms with Crippen molar-refractivity contribution in [2.24, 2.45) is 5.92 Å². The summed E-state index contributed by atoms with van der Waals surface area (Å²) < 4.78 is 6.66. The zero-order valence-corrected chi connectivity index (χ0v) is 19.3. The minimum Gasteiger partial charge on any atom is -0.462 e. The van der Waals surface area contributed by atoms with Gasteiger partial charge in [-0.1, -0.05) is 18.5 Å². The van der Waals surface area contributed by atoms with Gasteiger partial charge in [0.1, 0.15) is 5.00 Å². The molecule has 1 N–H and O–H groups in total. The Morgan fingerprint density at radius 2 is 2.19 bits per heavy atom. The second-order valence-corrected chi connectivity index (χ2v) is 9.11. The molecule has 0 aromatic carbocycles. The summed E-state index contributed by atoms with van der Waals surface area (Å²) in [4.78, 5) is 36.6. The van der Waals surface area contributed by atoms with Crippen molar-refractivity contribution in [2.75, 3.05) is 11.9 Å². The third kappa shape index (κ3) is 5.07. The molecule has 0 saturated carbocycles. The largest absolute Gasteiger partial charge is 0.462 e. The van der Waals surface area contributed by atoms with Gasteiger partial charge in [0.25, 0.3) is 0 Å². The predicted molar refractivity (Wildman–Crippen MR) is 118 cm³/mol. The van der Waals surface area contributed by atoms with Gasteiger partial charge in [0.2, 0.25) is 5.91 Å². The number of hydrogen-bond acceptors (Lipinski definition) is 7. The van der Waals surface area contributed by atoms with Gasteiger partial charge in [-0.3, -0.25) is 4.79 Å². The standard InChI is InChI=1S/C20H25ClN4O5S/c1-4-30-20(27)16-13-8-7-11(2)10-14(13)31-19(16)22-15(26)6-5-9-24-12(3)17(21)18(23-24)25(28)29/h11H,4-10H2,1-3H3,(H,22,26)/t11-/m0/s1. The highest BCUT2D eigenvalue weighted by atomic mass is 35.5. The number of nitro groups is 1. The molecule has 0 radical (unpaired) electrons. The Morgan fingerprint density at radius 1 is 1.45 bits per heavy atom. The SMILES string of the molecule is CCOC(=O)c1c(NC(=O)CCCn2nc([N+](=O)[O-])c(Cl)c2C)sc2c1CC[C@H](C)C2. The van der Waals surface area contributed by atoms with Crippen molar-refractivity contribution in [3.63, 3.8) is 0 Å². The van der Waals surface area contributed by atoms with Crippen molar-refractivity contribution < 1.29 is 19.2 Å². The zero-order valence-electron chi connectivity index (χ0n) is 17.7. The molecule has 31 heavy (non-hydrogen) atoms. The summed E-state index contributed by atoms with van der Waals surface area (Å²) in [6, 6.07) is 0. The van der Waals surface area contributed by atoms with E-state index in [1.54, 1.807) is 13.8 Å². The molecule has 2 aromatic heterocycles. The summed E-state index contributed by atoms with van der Waals surface area (Å²) in [5.74, 6) is -0.486. The molecule has 3 rings (SSSR count). The Balaban J connectivity index is 1.67. The molecule has 1 aliphatic rings. The maximum atomic E-state index is 12.6. The minimum atomic E-state index is -0.630. The Labute approximate surface area is 188 Å². The molecule has 1 amide bonds. The fourth-order valence-electron chi connectivity index (χ4n) is 3.68. The van der Waals surface area contributed by atoms with Crippen LogP contribution in [0, 0.1) is 23.0 Å². The maximum Gasteiger partial charge on any atom is 0.408 e. The first-order chi connectivity index (χ1) is 14.7. The number of nitrogens with zero attached hydrogens (tertiary/aromatic N) is 3. The molecule has 168 valence electrons. The summed E-state index contributed by atoms with van der Waals surface area (Å²) >= 11 is 7.39. The number of anilines is 1. The lowest BCUT2D eigenvalue weighted by Crippen LogP contribution is -2.17. The predicted octanol–water partition coefficient (Wildman–Crippen LogP) is 4.54. The van der Waals surface area contributed by atoms with E-state index < -0.39 is 10.9 Å². The van der Waals surface area contributed by atoms with Crippen molar-refractivity contribution in [3.05, 3.63) is 36.8 Å². The van der Waals surface area contributed by atoms with E-state index in [9.17, 15) is 19.7 Å². The molecule has 1 atom stereocenters. The quantitative estimate of drug-likeness (QED) is 0.345. The topological polar surface area (TPSA) is 116 Å². The summed E-state index contributed by atoms with van der Waals surface area (Å²) in [6.07, 6.45) is 3.28. The van der Waals surface area contributed by atoms with Gasteiger partial charge in [0.05, 0.1) is 29.5 Å². The van der Waals surface area contributed by atoms with Gasteiger partial charge in [0, 0.05) is 11.3 Å². The van der Waals surface area contributed by atoms with Gasteiger partial charge in [0.15, 0.2) is 5.02 Å². The number of aromatic nitrogens is 2. The monoisotopic (exact) mass is 468 g/mol. The second kappa shape index (κ2) is 9.78. The summed E-state index contributed by atoms with van der Waals surface area (Å²) in [7, 11) is 0. The first-order valence-corrected chi connectivity index (χ1v) is 11.4. The molecule has 0 bridgehead atoms. The van der Waals surface area contributed by atoms with E-state index in [2.05, 4.69) is 17.3 Å². The van der Waals surface area contributed by atoms with E-state index in [-0.39, 0.29) is 29.8 Å². The summed E-state index contributed by atoms with van der Waals surface area (Å²) in [6.45, 7) is 6.16. The first kappa shape index (κ1) is 23.2. The van der Waals surface area contributed by atoms with Crippen LogP contribution in [0.1, 0.15) is 59.6 Å². The number of carbonyl (C=O) groups is 2. The van der Waals surface area contributed by atoms with Crippen LogP contribution >= 0.6 is 22.9 Å². The van der Waals surface area contributed by atoms with Crippen LogP contribution in [0.4, 0.5) is 10.8 Å². The van der Waals surface area contributed by atoms with Gasteiger partial charge in [-0.15, -0.1) is 11.3 Å². The Kier molecular flexibility index (Phi) is 7.32. The average Bonchev–Trinajstić information content (AvgIpc) is 3.19. The lowest BCUT2D eigenvalue weighted by Gasteiger charge is -2.18. The Hall–Kier alpha value is -2.46. The minimum absolute atomic E-state index is 0.00641. The van der Waals surface area contributed by atoms with Crippen molar-refractivity contribution in [2.45, 2.75) is 59.4 Å². The number of nitrogens with one attached hydrogen (secondary N) is 1. The van der Waals surface area contributed by atoms with Crippen LogP contribution in [0.5, 0.6) is 0 Å². The molecule has 2 heterocycles. The number of rotatable bonds is 8. The average molecular weight is 469 g/mol. The number of thiophene rings is 1. The summed E-state index contributed by atoms with van der Waals surface area (Å²) in [5, 5.41) is 18.3. The van der Waals surface area contributed by atoms with Crippen molar-refractivity contribution >= 4 is 45.6 Å². The number of fused-ring (bicyclic) bond motifs is 1. The van der Waals surface area contributed by atoms with Crippen molar-refractivity contribution in [1.29, 1.82) is 0 Å². The molecule has 0 unspecified atom stereocenters. The van der Waals surface area contributed by atoms with Crippen molar-refractivity contribution in [3.8, 4) is 0 Å². The van der Waals surface area contributed by atoms with Gasteiger partial charge >= 0.3 is 11.8 Å². The summed E-state index contributed by atoms with van der Waals surface area (Å²) in [5.41, 5.74) is 1.96. The van der Waals surface area contributed by atoms with E-state index in [0.29, 0.717) is 35.1 Å². The van der Waals surface area contributed by atoms with E-state index in [1.807, 2.05) is 0 Å². The van der Waals surface area contributed by atoms with Crippen LogP contribution in [-0.4, -0.2) is 33.2 Å². The molecule has 0 aliphatic heterocycles. The van der Waals surface area contributed by atoms with Crippen LogP contribution in [0.15, 0.2) is 0 Å². The number of halogens is 1. The molecule has 0 fully saturated rings. The smallest absolute Gasteiger partial charge is 0.408 e. The Morgan fingerprint density at radius 3 is 2.84 bits per heavy atom. The van der Waals surface area contributed by atoms with Crippen molar-refractivity contribution in [1.82, 2.24) is 9.78 Å². The zero-order chi connectivity index (χ0) is 22.7. The number of esters is 1. The molecule has 1 aliphatic carbocycles. The van der Waals surface area contributed by atoms with Crippen LogP contribution in [0.25, 0.3) is 0 Å². The molecule has 9 nitrogen and oxygen atoms in total. The third-order valence-electron chi connectivity index (χ3n) is 5.31. The molecule has 11 heteroatoms. The van der Waals surface area contributed by atoms with Gasteiger partial charge in [-0.25, -0.2) is 4.79 Å². The highest BCUT2D eigenvalue weighted by Gasteiger charge is 2.29. The third-order valence-corrected chi connectivity index (χ3v) is 6.92. The van der Waals surface area contributed by atoms with E-state index in [4.69, 9.17) is 16.3 Å². The van der Waals surface area contributed by atoms with Gasteiger partial charge < -0.3 is 20.2 Å². The number of ether oxygens (including phenoxy) is 1. The number of hydrogen-bond donors (Lipinski definition) is 1. The number of carbonyl (C=O) groups excluding carboxylic acids is 2. The highest BCUT2D eigenvalue weighted by molar-refractivity contribution is 7.17. The van der Waals surface area contributed by atoms with E-state index in [0.717, 1.165) is 29.7 Å². The van der Waals surface area contributed by atoms with Crippen LogP contribution in [0.2, 0.25) is 5.02 Å². The van der Waals surface area contributed by atoms with E-state index >= 15 is 0 Å². The molecule has 0 saturated heterocycles. The van der Waals surface area contributed by atoms with Crippen LogP contribution < -0.4 is 5.32 Å². The molecule has 2 aromatic rings. The fourth-order valence-corrected chi connectivity index (χ4v) is 5.30. The van der Waals surface area contributed by atoms with Crippen LogP contribution in [-0.2, 0) is 28.9 Å². The second-order valence-electron chi connectivity index (χ2n) is 7.63. The molecular weight excluding hydrogens is 444 g/mol. The number of amides is 1. The first-order valence-electron chi connectivity index (χ1n) is 10.2. The normalized spacial score (nSPS) is 15.4. The lowest BCUT2D eigenvalue weighted by molar-refractivity contribution is -0.389. The maximum absolute atomic E-state index is 12.6. The number of aryl methyl sites for hydroxylation is 1.